The molecule has 1 rings (SSSR count). The summed E-state index contributed by atoms with van der Waals surface area (Å²) in [6.45, 7) is 6.10. The Morgan fingerprint density at radius 2 is 2.10 bits per heavy atom. The number of aryl methyl sites for hydroxylation is 2. The van der Waals surface area contributed by atoms with Crippen LogP contribution in [0.5, 0.6) is 0 Å². The summed E-state index contributed by atoms with van der Waals surface area (Å²) in [5, 5.41) is 7.00. The van der Waals surface area contributed by atoms with Crippen molar-refractivity contribution in [2.24, 2.45) is 0 Å². The molecule has 0 aliphatic heterocycles. The molecule has 0 fully saturated rings. The van der Waals surface area contributed by atoms with Crippen LogP contribution in [0.15, 0.2) is 0 Å². The van der Waals surface area contributed by atoms with Gasteiger partial charge in [-0.25, -0.2) is 0 Å². The normalized spacial score (nSPS) is 13.6. The van der Waals surface area contributed by atoms with E-state index in [1.807, 2.05) is 13.8 Å². The largest absolute Gasteiger partial charge is 0.351 e. The molecule has 0 aliphatic carbocycles. The van der Waals surface area contributed by atoms with Crippen molar-refractivity contribution in [3.8, 4) is 0 Å². The van der Waals surface area contributed by atoms with E-state index in [9.17, 15) is 0 Å². The van der Waals surface area contributed by atoms with Crippen molar-refractivity contribution in [2.45, 2.75) is 26.8 Å². The standard InChI is InChI=1S/C7H13N3/c1-4(8)7-5(2)9-10-6(7)3/h4H,8H2,1-3H3,(H,9,10)/p+1/t4-/m0/s1. The Hall–Kier alpha value is -0.830. The van der Waals surface area contributed by atoms with E-state index in [-0.39, 0.29) is 0 Å². The summed E-state index contributed by atoms with van der Waals surface area (Å²) in [6, 6.07) is 0.332. The molecule has 4 N–H and O–H groups in total. The van der Waals surface area contributed by atoms with Gasteiger partial charge in [-0.05, 0) is 20.8 Å². The van der Waals surface area contributed by atoms with Crippen LogP contribution >= 0.6 is 0 Å². The highest BCUT2D eigenvalue weighted by Crippen LogP contribution is 2.14. The van der Waals surface area contributed by atoms with Gasteiger partial charge in [-0.2, -0.15) is 5.10 Å². The third kappa shape index (κ3) is 1.04. The highest BCUT2D eigenvalue weighted by atomic mass is 15.1. The minimum atomic E-state index is 0.332. The van der Waals surface area contributed by atoms with Gasteiger partial charge in [-0.3, -0.25) is 5.10 Å². The number of hydrogen-bond donors (Lipinski definition) is 2. The molecule has 1 atom stereocenters. The van der Waals surface area contributed by atoms with Crippen LogP contribution in [0.3, 0.4) is 0 Å². The first-order valence-electron chi connectivity index (χ1n) is 3.47. The highest BCUT2D eigenvalue weighted by molar-refractivity contribution is 5.24. The average molecular weight is 140 g/mol. The number of nitrogens with one attached hydrogen (secondary N) is 1. The van der Waals surface area contributed by atoms with Crippen LogP contribution in [0.25, 0.3) is 0 Å². The lowest BCUT2D eigenvalue weighted by Crippen LogP contribution is -2.52. The second kappa shape index (κ2) is 2.42. The van der Waals surface area contributed by atoms with Crippen molar-refractivity contribution in [3.05, 3.63) is 17.0 Å². The lowest BCUT2D eigenvalue weighted by molar-refractivity contribution is -0.420. The molecule has 0 saturated heterocycles. The van der Waals surface area contributed by atoms with Crippen LogP contribution in [-0.4, -0.2) is 10.2 Å². The zero-order chi connectivity index (χ0) is 7.72. The second-order valence-electron chi connectivity index (χ2n) is 2.75. The fourth-order valence-corrected chi connectivity index (χ4v) is 1.29. The van der Waals surface area contributed by atoms with Gasteiger partial charge in [0.25, 0.3) is 0 Å². The van der Waals surface area contributed by atoms with Gasteiger partial charge in [0.05, 0.1) is 11.3 Å². The molecule has 3 nitrogen and oxygen atoms in total. The predicted octanol–water partition coefficient (Wildman–Crippen LogP) is 0.329. The Morgan fingerprint density at radius 3 is 2.30 bits per heavy atom. The van der Waals surface area contributed by atoms with E-state index in [1.165, 1.54) is 5.56 Å². The number of nitrogens with zero attached hydrogens (tertiary/aromatic N) is 1. The van der Waals surface area contributed by atoms with E-state index in [2.05, 4.69) is 22.9 Å². The van der Waals surface area contributed by atoms with Crippen LogP contribution in [0.4, 0.5) is 0 Å². The summed E-state index contributed by atoms with van der Waals surface area (Å²) in [5.41, 5.74) is 7.40. The van der Waals surface area contributed by atoms with E-state index in [1.54, 1.807) is 0 Å². The van der Waals surface area contributed by atoms with Gasteiger partial charge in [-0.15, -0.1) is 0 Å². The number of quaternary nitrogens is 1. The molecule has 0 radical (unpaired) electrons. The van der Waals surface area contributed by atoms with E-state index in [0.717, 1.165) is 11.4 Å². The van der Waals surface area contributed by atoms with Gasteiger partial charge < -0.3 is 5.73 Å². The number of aromatic nitrogens is 2. The third-order valence-electron chi connectivity index (χ3n) is 1.68. The smallest absolute Gasteiger partial charge is 0.111 e. The Morgan fingerprint density at radius 1 is 1.50 bits per heavy atom. The molecular weight excluding hydrogens is 126 g/mol. The van der Waals surface area contributed by atoms with E-state index < -0.39 is 0 Å². The first kappa shape index (κ1) is 7.28. The molecule has 3 heteroatoms. The van der Waals surface area contributed by atoms with Crippen LogP contribution in [0.1, 0.15) is 29.9 Å². The fraction of sp³-hybridized carbons (Fsp3) is 0.571. The fourth-order valence-electron chi connectivity index (χ4n) is 1.29. The monoisotopic (exact) mass is 140 g/mol. The zero-order valence-electron chi connectivity index (χ0n) is 6.73. The molecule has 56 valence electrons. The Labute approximate surface area is 60.6 Å². The van der Waals surface area contributed by atoms with Crippen molar-refractivity contribution < 1.29 is 5.73 Å². The van der Waals surface area contributed by atoms with Crippen molar-refractivity contribution >= 4 is 0 Å². The number of H-pyrrole nitrogens is 1. The van der Waals surface area contributed by atoms with Crippen molar-refractivity contribution in [3.63, 3.8) is 0 Å². The molecule has 10 heavy (non-hydrogen) atoms. The van der Waals surface area contributed by atoms with E-state index in [0.29, 0.717) is 6.04 Å². The first-order valence-corrected chi connectivity index (χ1v) is 3.47. The molecule has 0 unspecified atom stereocenters. The Kier molecular flexibility index (Phi) is 1.76. The van der Waals surface area contributed by atoms with Crippen LogP contribution in [0.2, 0.25) is 0 Å². The van der Waals surface area contributed by atoms with Crippen LogP contribution in [-0.2, 0) is 0 Å². The molecule has 1 heterocycles. The first-order chi connectivity index (χ1) is 4.63. The van der Waals surface area contributed by atoms with Crippen LogP contribution < -0.4 is 5.73 Å². The summed E-state index contributed by atoms with van der Waals surface area (Å²) in [4.78, 5) is 0. The molecule has 0 saturated carbocycles. The van der Waals surface area contributed by atoms with Gasteiger partial charge in [0.2, 0.25) is 0 Å². The van der Waals surface area contributed by atoms with Crippen molar-refractivity contribution in [1.82, 2.24) is 10.2 Å². The molecule has 0 aromatic carbocycles. The van der Waals surface area contributed by atoms with Crippen LogP contribution in [0, 0.1) is 13.8 Å². The number of aromatic amines is 1. The topological polar surface area (TPSA) is 56.3 Å². The highest BCUT2D eigenvalue weighted by Gasteiger charge is 2.11. The molecule has 0 amide bonds. The van der Waals surface area contributed by atoms with E-state index in [4.69, 9.17) is 0 Å². The Bertz CT molecular complexity index is 205. The quantitative estimate of drug-likeness (QED) is 0.580. The molecule has 0 aliphatic rings. The molecule has 0 spiro atoms. The summed E-state index contributed by atoms with van der Waals surface area (Å²) in [5.74, 6) is 0. The third-order valence-corrected chi connectivity index (χ3v) is 1.68. The summed E-state index contributed by atoms with van der Waals surface area (Å²) >= 11 is 0. The van der Waals surface area contributed by atoms with Gasteiger partial charge in [0.1, 0.15) is 6.04 Å². The SMILES string of the molecule is Cc1n[nH]c(C)c1[C@H](C)[NH3+]. The number of rotatable bonds is 1. The summed E-state index contributed by atoms with van der Waals surface area (Å²) in [7, 11) is 0. The lowest BCUT2D eigenvalue weighted by Gasteiger charge is -1.99. The minimum absolute atomic E-state index is 0.332. The second-order valence-corrected chi connectivity index (χ2v) is 2.75. The maximum atomic E-state index is 4.07. The molecule has 0 bridgehead atoms. The molecular formula is C7H14N3+. The molecule has 1 aromatic rings. The lowest BCUT2D eigenvalue weighted by atomic mass is 10.1. The van der Waals surface area contributed by atoms with Crippen molar-refractivity contribution in [2.75, 3.05) is 0 Å². The number of hydrogen-bond acceptors (Lipinski definition) is 1. The predicted molar refractivity (Wildman–Crippen MR) is 39.4 cm³/mol. The maximum absolute atomic E-state index is 4.07. The zero-order valence-corrected chi connectivity index (χ0v) is 6.73. The maximum Gasteiger partial charge on any atom is 0.111 e. The summed E-state index contributed by atoms with van der Waals surface area (Å²) in [6.07, 6.45) is 0. The van der Waals surface area contributed by atoms with Gasteiger partial charge in [0, 0.05) is 5.69 Å². The van der Waals surface area contributed by atoms with Gasteiger partial charge in [0.15, 0.2) is 0 Å². The molecule has 1 aromatic heterocycles. The van der Waals surface area contributed by atoms with Crippen molar-refractivity contribution in [1.29, 1.82) is 0 Å². The summed E-state index contributed by atoms with van der Waals surface area (Å²) < 4.78 is 0. The van der Waals surface area contributed by atoms with Gasteiger partial charge in [-0.1, -0.05) is 0 Å². The average Bonchev–Trinajstić information content (AvgIpc) is 2.11. The van der Waals surface area contributed by atoms with E-state index >= 15 is 0 Å². The minimum Gasteiger partial charge on any atom is -0.351 e. The Balaban J connectivity index is 3.10. The van der Waals surface area contributed by atoms with Gasteiger partial charge >= 0.3 is 0 Å².